The van der Waals surface area contributed by atoms with E-state index in [1.54, 1.807) is 6.07 Å². The number of esters is 1. The minimum absolute atomic E-state index is 0.294. The van der Waals surface area contributed by atoms with Gasteiger partial charge in [-0.3, -0.25) is 0 Å². The molecule has 0 aliphatic carbocycles. The molecule has 2 aromatic rings. The van der Waals surface area contributed by atoms with Gasteiger partial charge in [0.15, 0.2) is 5.69 Å². The summed E-state index contributed by atoms with van der Waals surface area (Å²) in [6.45, 7) is 1.84. The molecule has 2 aromatic heterocycles. The molecule has 1 fully saturated rings. The minimum atomic E-state index is -0.451. The zero-order valence-electron chi connectivity index (χ0n) is 10.7. The summed E-state index contributed by atoms with van der Waals surface area (Å²) in [5, 5.41) is 3.30. The Kier molecular flexibility index (Phi) is 2.87. The van der Waals surface area contributed by atoms with Crippen LogP contribution in [-0.2, 0) is 4.74 Å². The summed E-state index contributed by atoms with van der Waals surface area (Å²) in [4.78, 5) is 16.3. The number of hydrogen-bond acceptors (Lipinski definition) is 5. The third-order valence-electron chi connectivity index (χ3n) is 3.53. The molecular weight excluding hydrogens is 244 g/mol. The first kappa shape index (κ1) is 12.0. The number of hydrogen-bond donors (Lipinski definition) is 2. The van der Waals surface area contributed by atoms with Crippen LogP contribution >= 0.6 is 0 Å². The molecule has 1 atom stereocenters. The standard InChI is InChI=1S/C13H16N4O2/c1-19-13(18)10-11-9(14)3-2-6-17(11)12(16-10)8-4-5-15-7-8/h2-3,6,8,15H,4-5,7,14H2,1H3. The van der Waals surface area contributed by atoms with Gasteiger partial charge in [-0.15, -0.1) is 0 Å². The lowest BCUT2D eigenvalue weighted by Gasteiger charge is -2.07. The molecule has 6 nitrogen and oxygen atoms in total. The van der Waals surface area contributed by atoms with Crippen molar-refractivity contribution in [2.45, 2.75) is 12.3 Å². The molecule has 3 rings (SSSR count). The van der Waals surface area contributed by atoms with E-state index in [4.69, 9.17) is 10.5 Å². The highest BCUT2D eigenvalue weighted by atomic mass is 16.5. The van der Waals surface area contributed by atoms with Gasteiger partial charge in [-0.25, -0.2) is 9.78 Å². The van der Waals surface area contributed by atoms with Crippen molar-refractivity contribution in [2.75, 3.05) is 25.9 Å². The maximum Gasteiger partial charge on any atom is 0.359 e. The number of carbonyl (C=O) groups excluding carboxylic acids is 1. The number of pyridine rings is 1. The number of fused-ring (bicyclic) bond motifs is 1. The SMILES string of the molecule is COC(=O)c1nc(C2CCNC2)n2cccc(N)c12. The number of imidazole rings is 1. The fraction of sp³-hybridized carbons (Fsp3) is 0.385. The maximum atomic E-state index is 11.8. The maximum absolute atomic E-state index is 11.8. The van der Waals surface area contributed by atoms with Gasteiger partial charge in [-0.2, -0.15) is 0 Å². The molecule has 0 bridgehead atoms. The van der Waals surface area contributed by atoms with Gasteiger partial charge >= 0.3 is 5.97 Å². The van der Waals surface area contributed by atoms with Gasteiger partial charge in [0, 0.05) is 18.7 Å². The van der Waals surface area contributed by atoms with E-state index < -0.39 is 5.97 Å². The lowest BCUT2D eigenvalue weighted by Crippen LogP contribution is -2.10. The van der Waals surface area contributed by atoms with Crippen molar-refractivity contribution >= 4 is 17.2 Å². The van der Waals surface area contributed by atoms with Crippen LogP contribution in [0.4, 0.5) is 5.69 Å². The first-order valence-electron chi connectivity index (χ1n) is 6.28. The molecular formula is C13H16N4O2. The van der Waals surface area contributed by atoms with Crippen molar-refractivity contribution in [1.29, 1.82) is 0 Å². The van der Waals surface area contributed by atoms with Gasteiger partial charge in [-0.05, 0) is 25.1 Å². The Morgan fingerprint density at radius 2 is 2.47 bits per heavy atom. The molecule has 0 radical (unpaired) electrons. The highest BCUT2D eigenvalue weighted by Crippen LogP contribution is 2.27. The average molecular weight is 260 g/mol. The number of nitrogens with one attached hydrogen (secondary N) is 1. The summed E-state index contributed by atoms with van der Waals surface area (Å²) in [6.07, 6.45) is 2.90. The van der Waals surface area contributed by atoms with Crippen molar-refractivity contribution in [3.8, 4) is 0 Å². The molecule has 100 valence electrons. The van der Waals surface area contributed by atoms with Crippen LogP contribution in [0, 0.1) is 0 Å². The van der Waals surface area contributed by atoms with E-state index in [9.17, 15) is 4.79 Å². The zero-order valence-corrected chi connectivity index (χ0v) is 10.7. The minimum Gasteiger partial charge on any atom is -0.464 e. The van der Waals surface area contributed by atoms with Crippen LogP contribution in [0.15, 0.2) is 18.3 Å². The van der Waals surface area contributed by atoms with E-state index in [0.29, 0.717) is 22.8 Å². The summed E-state index contributed by atoms with van der Waals surface area (Å²) in [5.74, 6) is 0.716. The number of anilines is 1. The van der Waals surface area contributed by atoms with E-state index in [0.717, 1.165) is 25.3 Å². The molecule has 1 saturated heterocycles. The zero-order chi connectivity index (χ0) is 13.4. The summed E-state index contributed by atoms with van der Waals surface area (Å²) in [7, 11) is 1.35. The number of carbonyl (C=O) groups is 1. The second kappa shape index (κ2) is 4.55. The Morgan fingerprint density at radius 1 is 1.63 bits per heavy atom. The van der Waals surface area contributed by atoms with E-state index in [2.05, 4.69) is 10.3 Å². The lowest BCUT2D eigenvalue weighted by atomic mass is 10.1. The Labute approximate surface area is 110 Å². The number of methoxy groups -OCH3 is 1. The second-order valence-electron chi connectivity index (χ2n) is 4.68. The monoisotopic (exact) mass is 260 g/mol. The van der Waals surface area contributed by atoms with Crippen molar-refractivity contribution < 1.29 is 9.53 Å². The number of aromatic nitrogens is 2. The predicted octanol–water partition coefficient (Wildman–Crippen LogP) is 0.780. The normalized spacial score (nSPS) is 18.9. The molecule has 1 aliphatic rings. The van der Waals surface area contributed by atoms with Crippen molar-refractivity contribution in [2.24, 2.45) is 0 Å². The van der Waals surface area contributed by atoms with E-state index >= 15 is 0 Å². The predicted molar refractivity (Wildman–Crippen MR) is 71.2 cm³/mol. The molecule has 1 aliphatic heterocycles. The van der Waals surface area contributed by atoms with Gasteiger partial charge in [0.1, 0.15) is 11.3 Å². The van der Waals surface area contributed by atoms with E-state index in [-0.39, 0.29) is 0 Å². The Morgan fingerprint density at radius 3 is 3.16 bits per heavy atom. The molecule has 1 unspecified atom stereocenters. The smallest absolute Gasteiger partial charge is 0.359 e. The van der Waals surface area contributed by atoms with Crippen LogP contribution < -0.4 is 11.1 Å². The Bertz CT molecular complexity index is 629. The van der Waals surface area contributed by atoms with Gasteiger partial charge in [0.25, 0.3) is 0 Å². The number of rotatable bonds is 2. The quantitative estimate of drug-likeness (QED) is 0.780. The van der Waals surface area contributed by atoms with Crippen molar-refractivity contribution in [3.05, 3.63) is 29.8 Å². The van der Waals surface area contributed by atoms with Crippen molar-refractivity contribution in [1.82, 2.24) is 14.7 Å². The van der Waals surface area contributed by atoms with Gasteiger partial charge in [0.2, 0.25) is 0 Å². The third-order valence-corrected chi connectivity index (χ3v) is 3.53. The Hall–Kier alpha value is -2.08. The topological polar surface area (TPSA) is 81.6 Å². The largest absolute Gasteiger partial charge is 0.464 e. The molecule has 0 spiro atoms. The fourth-order valence-corrected chi connectivity index (χ4v) is 2.59. The van der Waals surface area contributed by atoms with Gasteiger partial charge in [-0.1, -0.05) is 0 Å². The molecule has 0 aromatic carbocycles. The number of nitrogens with zero attached hydrogens (tertiary/aromatic N) is 2. The highest BCUT2D eigenvalue weighted by molar-refractivity contribution is 5.98. The molecule has 6 heteroatoms. The molecule has 0 saturated carbocycles. The van der Waals surface area contributed by atoms with Gasteiger partial charge in [0.05, 0.1) is 12.8 Å². The first-order chi connectivity index (χ1) is 9.22. The van der Waals surface area contributed by atoms with Crippen LogP contribution in [0.2, 0.25) is 0 Å². The van der Waals surface area contributed by atoms with Crippen LogP contribution in [0.25, 0.3) is 5.52 Å². The fourth-order valence-electron chi connectivity index (χ4n) is 2.59. The van der Waals surface area contributed by atoms with E-state index in [1.807, 2.05) is 16.7 Å². The lowest BCUT2D eigenvalue weighted by molar-refractivity contribution is 0.0597. The van der Waals surface area contributed by atoms with Crippen LogP contribution in [0.5, 0.6) is 0 Å². The Balaban J connectivity index is 2.23. The average Bonchev–Trinajstić information content (AvgIpc) is 3.05. The van der Waals surface area contributed by atoms with Gasteiger partial charge < -0.3 is 20.2 Å². The van der Waals surface area contributed by atoms with Crippen LogP contribution in [0.3, 0.4) is 0 Å². The molecule has 19 heavy (non-hydrogen) atoms. The summed E-state index contributed by atoms with van der Waals surface area (Å²) >= 11 is 0. The summed E-state index contributed by atoms with van der Waals surface area (Å²) in [5.41, 5.74) is 7.44. The molecule has 3 N–H and O–H groups in total. The van der Waals surface area contributed by atoms with Crippen LogP contribution in [-0.4, -0.2) is 35.6 Å². The summed E-state index contributed by atoms with van der Waals surface area (Å²) < 4.78 is 6.69. The first-order valence-corrected chi connectivity index (χ1v) is 6.28. The second-order valence-corrected chi connectivity index (χ2v) is 4.68. The number of ether oxygens (including phenoxy) is 1. The summed E-state index contributed by atoms with van der Waals surface area (Å²) in [6, 6.07) is 3.62. The molecule has 3 heterocycles. The van der Waals surface area contributed by atoms with Crippen molar-refractivity contribution in [3.63, 3.8) is 0 Å². The highest BCUT2D eigenvalue weighted by Gasteiger charge is 2.26. The number of nitrogens with two attached hydrogens (primary N) is 1. The van der Waals surface area contributed by atoms with Crippen LogP contribution in [0.1, 0.15) is 28.7 Å². The van der Waals surface area contributed by atoms with E-state index in [1.165, 1.54) is 7.11 Å². The number of nitrogen functional groups attached to an aromatic ring is 1. The third kappa shape index (κ3) is 1.84. The molecule has 0 amide bonds.